The van der Waals surface area contributed by atoms with E-state index in [1.807, 2.05) is 6.07 Å². The van der Waals surface area contributed by atoms with Crippen LogP contribution in [0, 0.1) is 5.41 Å². The van der Waals surface area contributed by atoms with Crippen molar-refractivity contribution in [2.45, 2.75) is 32.2 Å². The highest BCUT2D eigenvalue weighted by atomic mass is 16.1. The van der Waals surface area contributed by atoms with E-state index < -0.39 is 0 Å². The van der Waals surface area contributed by atoms with E-state index in [0.717, 1.165) is 30.5 Å². The van der Waals surface area contributed by atoms with Crippen molar-refractivity contribution in [1.29, 1.82) is 5.41 Å². The third-order valence-electron chi connectivity index (χ3n) is 3.98. The smallest absolute Gasteiger partial charge is 0.262 e. The van der Waals surface area contributed by atoms with E-state index in [1.54, 1.807) is 10.6 Å². The predicted molar refractivity (Wildman–Crippen MR) is 84.8 cm³/mol. The zero-order valence-electron chi connectivity index (χ0n) is 12.1. The molecule has 1 aromatic heterocycles. The largest absolute Gasteiger partial charge is 0.384 e. The molecule has 1 saturated carbocycles. The Morgan fingerprint density at radius 2 is 1.90 bits per heavy atom. The van der Waals surface area contributed by atoms with E-state index in [2.05, 4.69) is 31.2 Å². The van der Waals surface area contributed by atoms with Crippen LogP contribution >= 0.6 is 0 Å². The van der Waals surface area contributed by atoms with Crippen LogP contribution in [0.2, 0.25) is 0 Å². The maximum atomic E-state index is 12.6. The summed E-state index contributed by atoms with van der Waals surface area (Å²) in [5, 5.41) is 7.53. The Morgan fingerprint density at radius 3 is 2.43 bits per heavy atom. The maximum Gasteiger partial charge on any atom is 0.262 e. The first-order valence-electron chi connectivity index (χ1n) is 7.31. The van der Waals surface area contributed by atoms with Crippen molar-refractivity contribution in [3.8, 4) is 11.3 Å². The first kappa shape index (κ1) is 13.6. The molecule has 1 aliphatic carbocycles. The molecular weight excluding hydrogens is 262 g/mol. The molecule has 1 heterocycles. The molecule has 108 valence electrons. The second-order valence-electron chi connectivity index (χ2n) is 5.50. The molecule has 0 radical (unpaired) electrons. The number of aromatic nitrogens is 1. The fourth-order valence-corrected chi connectivity index (χ4v) is 2.60. The van der Waals surface area contributed by atoms with Gasteiger partial charge in [0.25, 0.3) is 5.56 Å². The molecule has 0 bridgehead atoms. The van der Waals surface area contributed by atoms with Gasteiger partial charge in [-0.2, -0.15) is 0 Å². The Hall–Kier alpha value is -2.36. The zero-order chi connectivity index (χ0) is 15.0. The van der Waals surface area contributed by atoms with Gasteiger partial charge in [0.2, 0.25) is 0 Å². The molecule has 2 aromatic rings. The number of benzene rings is 1. The van der Waals surface area contributed by atoms with Crippen LogP contribution in [0.25, 0.3) is 11.3 Å². The van der Waals surface area contributed by atoms with Crippen molar-refractivity contribution in [2.75, 3.05) is 0 Å². The van der Waals surface area contributed by atoms with Gasteiger partial charge in [-0.1, -0.05) is 31.2 Å². The Labute approximate surface area is 123 Å². The first-order valence-corrected chi connectivity index (χ1v) is 7.31. The summed E-state index contributed by atoms with van der Waals surface area (Å²) in [6, 6.07) is 12.1. The maximum absolute atomic E-state index is 12.6. The molecule has 0 saturated heterocycles. The van der Waals surface area contributed by atoms with Gasteiger partial charge in [-0.05, 0) is 42.5 Å². The van der Waals surface area contributed by atoms with Gasteiger partial charge in [0.05, 0.1) is 11.3 Å². The summed E-state index contributed by atoms with van der Waals surface area (Å²) in [5.41, 5.74) is 8.86. The fourth-order valence-electron chi connectivity index (χ4n) is 2.60. The minimum atomic E-state index is -0.165. The number of hydrogen-bond donors (Lipinski definition) is 2. The number of nitrogen functional groups attached to an aromatic ring is 1. The van der Waals surface area contributed by atoms with E-state index >= 15 is 0 Å². The lowest BCUT2D eigenvalue weighted by atomic mass is 10.1. The lowest BCUT2D eigenvalue weighted by Gasteiger charge is -2.14. The number of nitrogens with zero attached hydrogens (tertiary/aromatic N) is 1. The van der Waals surface area contributed by atoms with Gasteiger partial charge in [-0.25, -0.2) is 0 Å². The van der Waals surface area contributed by atoms with E-state index in [0.29, 0.717) is 0 Å². The van der Waals surface area contributed by atoms with Crippen molar-refractivity contribution in [1.82, 2.24) is 4.57 Å². The summed E-state index contributed by atoms with van der Waals surface area (Å²) < 4.78 is 1.80. The Bertz CT molecular complexity index is 740. The Morgan fingerprint density at radius 1 is 1.24 bits per heavy atom. The molecule has 1 aliphatic rings. The van der Waals surface area contributed by atoms with Gasteiger partial charge in [-0.15, -0.1) is 0 Å². The quantitative estimate of drug-likeness (QED) is 0.668. The Kier molecular flexibility index (Phi) is 3.37. The first-order chi connectivity index (χ1) is 10.1. The van der Waals surface area contributed by atoms with Gasteiger partial charge >= 0.3 is 0 Å². The van der Waals surface area contributed by atoms with Crippen molar-refractivity contribution in [3.63, 3.8) is 0 Å². The lowest BCUT2D eigenvalue weighted by Crippen LogP contribution is -2.30. The normalized spacial score (nSPS) is 14.1. The molecule has 4 heteroatoms. The van der Waals surface area contributed by atoms with Crippen LogP contribution in [0.15, 0.2) is 41.2 Å². The lowest BCUT2D eigenvalue weighted by molar-refractivity contribution is 0.714. The number of rotatable bonds is 4. The van der Waals surface area contributed by atoms with Crippen molar-refractivity contribution < 1.29 is 0 Å². The SMILES string of the molecule is CCc1ccc(-c2ccc(C(=N)N)c(=O)n2C2CC2)cc1. The number of nitrogens with one attached hydrogen (secondary N) is 1. The van der Waals surface area contributed by atoms with Gasteiger partial charge in [-0.3, -0.25) is 10.2 Å². The molecule has 1 aromatic carbocycles. The topological polar surface area (TPSA) is 71.9 Å². The molecule has 21 heavy (non-hydrogen) atoms. The van der Waals surface area contributed by atoms with E-state index in [-0.39, 0.29) is 23.0 Å². The molecule has 0 spiro atoms. The van der Waals surface area contributed by atoms with E-state index in [4.69, 9.17) is 11.1 Å². The van der Waals surface area contributed by atoms with Crippen molar-refractivity contribution >= 4 is 5.84 Å². The van der Waals surface area contributed by atoms with Gasteiger partial charge in [0, 0.05) is 6.04 Å². The minimum Gasteiger partial charge on any atom is -0.384 e. The summed E-state index contributed by atoms with van der Waals surface area (Å²) in [4.78, 5) is 12.6. The summed E-state index contributed by atoms with van der Waals surface area (Å²) >= 11 is 0. The van der Waals surface area contributed by atoms with Gasteiger partial charge in [0.15, 0.2) is 0 Å². The standard InChI is InChI=1S/C17H19N3O/c1-2-11-3-5-12(6-4-11)15-10-9-14(16(18)19)17(21)20(15)13-7-8-13/h3-6,9-10,13H,2,7-8H2,1H3,(H3,18,19). The highest BCUT2D eigenvalue weighted by Crippen LogP contribution is 2.37. The average molecular weight is 281 g/mol. The number of aryl methyl sites for hydroxylation is 1. The molecule has 0 aliphatic heterocycles. The third-order valence-corrected chi connectivity index (χ3v) is 3.98. The molecular formula is C17H19N3O. The number of pyridine rings is 1. The van der Waals surface area contributed by atoms with Crippen LogP contribution in [-0.4, -0.2) is 10.4 Å². The van der Waals surface area contributed by atoms with Crippen molar-refractivity contribution in [2.24, 2.45) is 5.73 Å². The molecule has 3 rings (SSSR count). The third kappa shape index (κ3) is 2.49. The van der Waals surface area contributed by atoms with E-state index in [1.165, 1.54) is 5.56 Å². The molecule has 0 unspecified atom stereocenters. The van der Waals surface area contributed by atoms with Gasteiger partial charge < -0.3 is 10.3 Å². The van der Waals surface area contributed by atoms with Crippen LogP contribution in [0.3, 0.4) is 0 Å². The number of hydrogen-bond acceptors (Lipinski definition) is 2. The Balaban J connectivity index is 2.15. The van der Waals surface area contributed by atoms with Crippen LogP contribution in [0.5, 0.6) is 0 Å². The van der Waals surface area contributed by atoms with Crippen molar-refractivity contribution in [3.05, 3.63) is 57.9 Å². The fraction of sp³-hybridized carbons (Fsp3) is 0.294. The van der Waals surface area contributed by atoms with Gasteiger partial charge in [0.1, 0.15) is 5.84 Å². The molecule has 0 amide bonds. The van der Waals surface area contributed by atoms with Crippen LogP contribution < -0.4 is 11.3 Å². The number of amidine groups is 1. The number of nitrogens with two attached hydrogens (primary N) is 1. The predicted octanol–water partition coefficient (Wildman–Crippen LogP) is 2.70. The highest BCUT2D eigenvalue weighted by Gasteiger charge is 2.28. The molecule has 1 fully saturated rings. The minimum absolute atomic E-state index is 0.151. The summed E-state index contributed by atoms with van der Waals surface area (Å²) in [6.07, 6.45) is 3.03. The van der Waals surface area contributed by atoms with Crippen LogP contribution in [0.1, 0.15) is 36.9 Å². The van der Waals surface area contributed by atoms with Crippen LogP contribution in [-0.2, 0) is 6.42 Å². The molecule has 0 atom stereocenters. The van der Waals surface area contributed by atoms with E-state index in [9.17, 15) is 4.79 Å². The summed E-state index contributed by atoms with van der Waals surface area (Å²) in [5.74, 6) is -0.165. The monoisotopic (exact) mass is 281 g/mol. The highest BCUT2D eigenvalue weighted by molar-refractivity contribution is 5.94. The second kappa shape index (κ2) is 5.20. The summed E-state index contributed by atoms with van der Waals surface area (Å²) in [7, 11) is 0. The molecule has 4 nitrogen and oxygen atoms in total. The molecule has 3 N–H and O–H groups in total. The zero-order valence-corrected chi connectivity index (χ0v) is 12.1. The second-order valence-corrected chi connectivity index (χ2v) is 5.50. The van der Waals surface area contributed by atoms with Crippen LogP contribution in [0.4, 0.5) is 0 Å². The average Bonchev–Trinajstić information content (AvgIpc) is 3.31. The summed E-state index contributed by atoms with van der Waals surface area (Å²) in [6.45, 7) is 2.12.